The average molecular weight is 582 g/mol. The minimum Gasteiger partial charge on any atom is -0.495 e. The molecule has 1 aliphatic heterocycles. The van der Waals surface area contributed by atoms with Crippen LogP contribution >= 0.6 is 11.6 Å². The molecular weight excluding hydrogens is 558 g/mol. The summed E-state index contributed by atoms with van der Waals surface area (Å²) in [6, 6.07) is 12.5. The number of nitro groups is 1. The van der Waals surface area contributed by atoms with Crippen LogP contribution in [0.4, 0.5) is 16.2 Å². The predicted octanol–water partition coefficient (Wildman–Crippen LogP) is 4.91. The second kappa shape index (κ2) is 12.4. The number of methoxy groups -OCH3 is 2. The lowest BCUT2D eigenvalue weighted by molar-refractivity contribution is -0.384. The molecule has 1 fully saturated rings. The van der Waals surface area contributed by atoms with E-state index >= 15 is 0 Å². The molecule has 3 aromatic carbocycles. The predicted molar refractivity (Wildman–Crippen MR) is 149 cm³/mol. The van der Waals surface area contributed by atoms with E-state index in [9.17, 15) is 24.5 Å². The molecule has 4 rings (SSSR count). The second-order valence-electron chi connectivity index (χ2n) is 8.47. The zero-order valence-electron chi connectivity index (χ0n) is 22.1. The van der Waals surface area contributed by atoms with Crippen LogP contribution in [0.3, 0.4) is 0 Å². The van der Waals surface area contributed by atoms with E-state index in [4.69, 9.17) is 30.5 Å². The van der Waals surface area contributed by atoms with Gasteiger partial charge in [0.25, 0.3) is 17.5 Å². The van der Waals surface area contributed by atoms with Gasteiger partial charge >= 0.3 is 6.03 Å². The van der Waals surface area contributed by atoms with Crippen molar-refractivity contribution in [2.75, 3.05) is 25.7 Å². The number of ether oxygens (including phenoxy) is 4. The van der Waals surface area contributed by atoms with Gasteiger partial charge in [0.1, 0.15) is 23.7 Å². The van der Waals surface area contributed by atoms with Crippen molar-refractivity contribution < 1.29 is 38.3 Å². The van der Waals surface area contributed by atoms with E-state index in [-0.39, 0.29) is 40.1 Å². The molecule has 0 unspecified atom stereocenters. The van der Waals surface area contributed by atoms with Crippen molar-refractivity contribution in [1.82, 2.24) is 5.32 Å². The normalized spacial score (nSPS) is 14.1. The van der Waals surface area contributed by atoms with Gasteiger partial charge in [0.2, 0.25) is 0 Å². The van der Waals surface area contributed by atoms with Gasteiger partial charge in [-0.3, -0.25) is 25.0 Å². The van der Waals surface area contributed by atoms with E-state index in [2.05, 4.69) is 5.32 Å². The first-order valence-electron chi connectivity index (χ1n) is 12.1. The summed E-state index contributed by atoms with van der Waals surface area (Å²) in [4.78, 5) is 50.0. The minimum atomic E-state index is -0.968. The van der Waals surface area contributed by atoms with Crippen LogP contribution in [0, 0.1) is 10.1 Å². The number of non-ortho nitro benzene ring substituents is 1. The lowest BCUT2D eigenvalue weighted by Crippen LogP contribution is -2.54. The van der Waals surface area contributed by atoms with Crippen LogP contribution < -0.4 is 29.2 Å². The number of urea groups is 1. The van der Waals surface area contributed by atoms with Crippen molar-refractivity contribution >= 4 is 46.9 Å². The van der Waals surface area contributed by atoms with E-state index in [0.29, 0.717) is 29.2 Å². The van der Waals surface area contributed by atoms with Crippen LogP contribution in [-0.4, -0.2) is 43.6 Å². The first-order chi connectivity index (χ1) is 19.7. The Morgan fingerprint density at radius 1 is 0.927 bits per heavy atom. The Labute approximate surface area is 239 Å². The summed E-state index contributed by atoms with van der Waals surface area (Å²) in [6.07, 6.45) is 1.32. The Morgan fingerprint density at radius 3 is 2.27 bits per heavy atom. The molecule has 0 aromatic heterocycles. The lowest BCUT2D eigenvalue weighted by Gasteiger charge is -2.28. The molecule has 0 saturated carbocycles. The number of imide groups is 2. The molecule has 12 nitrogen and oxygen atoms in total. The standard InChI is InChI=1S/C28H24ClN3O9/c1-4-40-25-12-17(7-10-22(25)41-15-16-5-8-18(9-6-16)32(36)37)11-19-26(33)30-28(35)31(27(19)34)21-14-23(38-2)20(29)13-24(21)39-3/h5-14H,4,15H2,1-3H3,(H,30,33,35)/b19-11+. The maximum absolute atomic E-state index is 13.5. The number of carbonyl (C=O) groups is 3. The Hall–Kier alpha value is -5.10. The summed E-state index contributed by atoms with van der Waals surface area (Å²) >= 11 is 6.16. The van der Waals surface area contributed by atoms with Crippen LogP contribution in [0.5, 0.6) is 23.0 Å². The van der Waals surface area contributed by atoms with Gasteiger partial charge in [-0.15, -0.1) is 0 Å². The summed E-state index contributed by atoms with van der Waals surface area (Å²) < 4.78 is 22.1. The number of carbonyl (C=O) groups excluding carboxylic acids is 3. The third kappa shape index (κ3) is 6.23. The van der Waals surface area contributed by atoms with Crippen molar-refractivity contribution in [2.24, 2.45) is 0 Å². The van der Waals surface area contributed by atoms with Crippen LogP contribution in [0.25, 0.3) is 6.08 Å². The van der Waals surface area contributed by atoms with Gasteiger partial charge < -0.3 is 18.9 Å². The maximum atomic E-state index is 13.5. The maximum Gasteiger partial charge on any atom is 0.336 e. The molecule has 0 aliphatic carbocycles. The monoisotopic (exact) mass is 581 g/mol. The molecule has 41 heavy (non-hydrogen) atoms. The third-order valence-electron chi connectivity index (χ3n) is 5.92. The zero-order chi connectivity index (χ0) is 29.7. The molecular formula is C28H24ClN3O9. The number of nitrogens with one attached hydrogen (secondary N) is 1. The fourth-order valence-electron chi connectivity index (χ4n) is 3.94. The number of amides is 4. The van der Waals surface area contributed by atoms with Crippen molar-refractivity contribution in [3.05, 3.63) is 86.4 Å². The van der Waals surface area contributed by atoms with Crippen LogP contribution in [0.15, 0.2) is 60.2 Å². The van der Waals surface area contributed by atoms with E-state index in [1.165, 1.54) is 44.6 Å². The van der Waals surface area contributed by atoms with E-state index in [1.807, 2.05) is 0 Å². The fraction of sp³-hybridized carbons (Fsp3) is 0.179. The molecule has 1 N–H and O–H groups in total. The summed E-state index contributed by atoms with van der Waals surface area (Å²) in [5.41, 5.74) is 0.802. The molecule has 0 bridgehead atoms. The number of benzene rings is 3. The SMILES string of the molecule is CCOc1cc(/C=C2\C(=O)NC(=O)N(c3cc(OC)c(Cl)cc3OC)C2=O)ccc1OCc1ccc([N+](=O)[O-])cc1. The highest BCUT2D eigenvalue weighted by molar-refractivity contribution is 6.39. The van der Waals surface area contributed by atoms with Gasteiger partial charge in [-0.2, -0.15) is 0 Å². The number of hydrogen-bond acceptors (Lipinski definition) is 9. The number of nitrogens with zero attached hydrogens (tertiary/aromatic N) is 2. The summed E-state index contributed by atoms with van der Waals surface area (Å²) in [7, 11) is 2.72. The number of rotatable bonds is 10. The number of barbiturate groups is 1. The summed E-state index contributed by atoms with van der Waals surface area (Å²) in [6.45, 7) is 2.19. The number of halogens is 1. The van der Waals surface area contributed by atoms with E-state index < -0.39 is 22.8 Å². The van der Waals surface area contributed by atoms with E-state index in [1.54, 1.807) is 37.3 Å². The van der Waals surface area contributed by atoms with Crippen molar-refractivity contribution in [2.45, 2.75) is 13.5 Å². The molecule has 1 saturated heterocycles. The smallest absolute Gasteiger partial charge is 0.336 e. The minimum absolute atomic E-state index is 0.0275. The van der Waals surface area contributed by atoms with Crippen molar-refractivity contribution in [3.8, 4) is 23.0 Å². The van der Waals surface area contributed by atoms with E-state index in [0.717, 1.165) is 4.90 Å². The van der Waals surface area contributed by atoms with Gasteiger partial charge in [0.05, 0.1) is 36.5 Å². The molecule has 0 atom stereocenters. The summed E-state index contributed by atoms with van der Waals surface area (Å²) in [5.74, 6) is -0.756. The molecule has 1 aliphatic rings. The molecule has 4 amide bonds. The third-order valence-corrected chi connectivity index (χ3v) is 6.21. The fourth-order valence-corrected chi connectivity index (χ4v) is 4.17. The van der Waals surface area contributed by atoms with Crippen LogP contribution in [0.1, 0.15) is 18.1 Å². The van der Waals surface area contributed by atoms with Gasteiger partial charge in [-0.1, -0.05) is 17.7 Å². The Morgan fingerprint density at radius 2 is 1.63 bits per heavy atom. The summed E-state index contributed by atoms with van der Waals surface area (Å²) in [5, 5.41) is 13.2. The largest absolute Gasteiger partial charge is 0.495 e. The van der Waals surface area contributed by atoms with Gasteiger partial charge in [0.15, 0.2) is 11.5 Å². The molecule has 3 aromatic rings. The lowest BCUT2D eigenvalue weighted by atomic mass is 10.1. The van der Waals surface area contributed by atoms with Crippen molar-refractivity contribution in [3.63, 3.8) is 0 Å². The number of nitro benzene ring substituents is 1. The molecule has 0 spiro atoms. The molecule has 1 heterocycles. The van der Waals surface area contributed by atoms with Crippen molar-refractivity contribution in [1.29, 1.82) is 0 Å². The molecule has 0 radical (unpaired) electrons. The average Bonchev–Trinajstić information content (AvgIpc) is 2.95. The highest BCUT2D eigenvalue weighted by Crippen LogP contribution is 2.39. The van der Waals surface area contributed by atoms with Crippen LogP contribution in [-0.2, 0) is 16.2 Å². The zero-order valence-corrected chi connectivity index (χ0v) is 22.9. The highest BCUT2D eigenvalue weighted by Gasteiger charge is 2.38. The van der Waals surface area contributed by atoms with Gasteiger partial charge in [-0.25, -0.2) is 9.69 Å². The van der Waals surface area contributed by atoms with Crippen LogP contribution in [0.2, 0.25) is 5.02 Å². The number of anilines is 1. The second-order valence-corrected chi connectivity index (χ2v) is 8.88. The Balaban J connectivity index is 1.63. The van der Waals surface area contributed by atoms with Gasteiger partial charge in [-0.05, 0) is 48.4 Å². The first-order valence-corrected chi connectivity index (χ1v) is 12.5. The quantitative estimate of drug-likeness (QED) is 0.153. The van der Waals surface area contributed by atoms with Gasteiger partial charge in [0, 0.05) is 24.3 Å². The highest BCUT2D eigenvalue weighted by atomic mass is 35.5. The topological polar surface area (TPSA) is 147 Å². The first kappa shape index (κ1) is 28.9. The Bertz CT molecular complexity index is 1550. The molecule has 212 valence electrons. The molecule has 13 heteroatoms. The Kier molecular flexibility index (Phi) is 8.73. The number of hydrogen-bond donors (Lipinski definition) is 1.